The lowest BCUT2D eigenvalue weighted by Gasteiger charge is -2.08. The third-order valence-corrected chi connectivity index (χ3v) is 5.92. The van der Waals surface area contributed by atoms with E-state index in [1.54, 1.807) is 30.2 Å². The molecule has 0 aliphatic rings. The number of rotatable bonds is 6. The average molecular weight is 461 g/mol. The molecule has 0 aliphatic carbocycles. The van der Waals surface area contributed by atoms with E-state index in [9.17, 15) is 0 Å². The molecule has 0 spiro atoms. The Morgan fingerprint density at radius 1 is 1.06 bits per heavy atom. The van der Waals surface area contributed by atoms with E-state index in [1.807, 2.05) is 42.5 Å². The van der Waals surface area contributed by atoms with Crippen LogP contribution in [0.1, 0.15) is 22.6 Å². The summed E-state index contributed by atoms with van der Waals surface area (Å²) in [7, 11) is 1.66. The zero-order valence-electron chi connectivity index (χ0n) is 18.4. The van der Waals surface area contributed by atoms with Crippen LogP contribution in [-0.4, -0.2) is 37.5 Å². The number of oxime groups is 1. The molecule has 0 fully saturated rings. The van der Waals surface area contributed by atoms with Crippen LogP contribution < -0.4 is 4.74 Å². The molecule has 0 bridgehead atoms. The Balaban J connectivity index is 1.47. The summed E-state index contributed by atoms with van der Waals surface area (Å²) in [4.78, 5) is 14.8. The van der Waals surface area contributed by atoms with Crippen molar-refractivity contribution in [2.45, 2.75) is 20.5 Å². The van der Waals surface area contributed by atoms with Gasteiger partial charge in [-0.3, -0.25) is 4.57 Å². The number of methoxy groups -OCH3 is 1. The minimum atomic E-state index is 0.126. The number of aryl methyl sites for hydroxylation is 1. The van der Waals surface area contributed by atoms with Gasteiger partial charge in [0.05, 0.1) is 18.7 Å². The zero-order valence-corrected chi connectivity index (χ0v) is 19.1. The molecule has 5 aromatic rings. The Morgan fingerprint density at radius 2 is 1.85 bits per heavy atom. The number of ether oxygens (including phenoxy) is 1. The maximum absolute atomic E-state index is 6.13. The highest BCUT2D eigenvalue weighted by Gasteiger charge is 2.19. The Labute approximate surface area is 195 Å². The molecular formula is C24H21ClN6O2. The monoisotopic (exact) mass is 460 g/mol. The van der Waals surface area contributed by atoms with Crippen LogP contribution in [0.15, 0.2) is 60.0 Å². The molecule has 0 aliphatic heterocycles. The van der Waals surface area contributed by atoms with Gasteiger partial charge in [0.15, 0.2) is 23.7 Å². The third kappa shape index (κ3) is 3.78. The van der Waals surface area contributed by atoms with Gasteiger partial charge in [0.2, 0.25) is 0 Å². The summed E-state index contributed by atoms with van der Waals surface area (Å²) in [6.45, 7) is 4.26. The highest BCUT2D eigenvalue weighted by Crippen LogP contribution is 2.30. The van der Waals surface area contributed by atoms with E-state index in [0.29, 0.717) is 10.8 Å². The largest absolute Gasteiger partial charge is 0.497 e. The number of benzene rings is 2. The topological polar surface area (TPSA) is 78.8 Å². The second-order valence-corrected chi connectivity index (χ2v) is 7.92. The van der Waals surface area contributed by atoms with E-state index in [-0.39, 0.29) is 6.61 Å². The van der Waals surface area contributed by atoms with E-state index in [1.165, 1.54) is 0 Å². The van der Waals surface area contributed by atoms with Crippen LogP contribution in [0.2, 0.25) is 5.02 Å². The summed E-state index contributed by atoms with van der Waals surface area (Å²) in [6, 6.07) is 15.3. The van der Waals surface area contributed by atoms with Crippen molar-refractivity contribution in [2.24, 2.45) is 5.16 Å². The molecule has 0 amide bonds. The maximum Gasteiger partial charge on any atom is 0.192 e. The molecule has 3 aromatic heterocycles. The normalized spacial score (nSPS) is 11.6. The molecule has 0 atom stereocenters. The van der Waals surface area contributed by atoms with Gasteiger partial charge in [-0.25, -0.2) is 14.5 Å². The lowest BCUT2D eigenvalue weighted by atomic mass is 10.2. The Morgan fingerprint density at radius 3 is 2.61 bits per heavy atom. The van der Waals surface area contributed by atoms with E-state index >= 15 is 0 Å². The van der Waals surface area contributed by atoms with Crippen LogP contribution in [0, 0.1) is 13.8 Å². The fourth-order valence-corrected chi connectivity index (χ4v) is 3.97. The van der Waals surface area contributed by atoms with Crippen molar-refractivity contribution < 1.29 is 9.57 Å². The van der Waals surface area contributed by atoms with E-state index in [2.05, 4.69) is 33.7 Å². The van der Waals surface area contributed by atoms with Gasteiger partial charge >= 0.3 is 0 Å². The first-order valence-electron chi connectivity index (χ1n) is 10.3. The number of fused-ring (bicyclic) bond motifs is 3. The molecule has 33 heavy (non-hydrogen) atoms. The molecule has 0 unspecified atom stereocenters. The fraction of sp³-hybridized carbons (Fsp3) is 0.167. The molecular weight excluding hydrogens is 440 g/mol. The lowest BCUT2D eigenvalue weighted by molar-refractivity contribution is 0.126. The smallest absolute Gasteiger partial charge is 0.192 e. The number of aromatic nitrogens is 5. The molecule has 2 aromatic carbocycles. The Hall–Kier alpha value is -3.91. The number of hydrogen-bond acceptors (Lipinski definition) is 6. The predicted molar refractivity (Wildman–Crippen MR) is 127 cm³/mol. The van der Waals surface area contributed by atoms with Crippen LogP contribution in [0.5, 0.6) is 5.75 Å². The van der Waals surface area contributed by atoms with Gasteiger partial charge in [-0.05, 0) is 49.7 Å². The molecule has 0 saturated carbocycles. The standard InChI is InChI=1S/C24H21ClN6O2/c1-15-16(2)31(18-8-10-19(32-3)11-9-18)23-22(15)24-28-21(29-30(24)14-26-23)13-33-27-12-17-6-4-5-7-20(17)25/h4-12,14H,13H2,1-3H3/b27-12+. The number of nitrogens with zero attached hydrogens (tertiary/aromatic N) is 6. The van der Waals surface area contributed by atoms with Crippen molar-refractivity contribution in [1.29, 1.82) is 0 Å². The first kappa shape index (κ1) is 21.0. The van der Waals surface area contributed by atoms with Crippen molar-refractivity contribution in [3.8, 4) is 11.4 Å². The zero-order chi connectivity index (χ0) is 22.9. The minimum Gasteiger partial charge on any atom is -0.497 e. The van der Waals surface area contributed by atoms with Crippen LogP contribution in [0.25, 0.3) is 22.4 Å². The van der Waals surface area contributed by atoms with Crippen molar-refractivity contribution in [3.63, 3.8) is 0 Å². The minimum absolute atomic E-state index is 0.126. The van der Waals surface area contributed by atoms with E-state index in [4.69, 9.17) is 26.2 Å². The van der Waals surface area contributed by atoms with Gasteiger partial charge in [0.1, 0.15) is 12.1 Å². The van der Waals surface area contributed by atoms with Gasteiger partial charge in [-0.15, -0.1) is 5.10 Å². The van der Waals surface area contributed by atoms with Crippen LogP contribution in [-0.2, 0) is 11.4 Å². The van der Waals surface area contributed by atoms with Gasteiger partial charge in [0, 0.05) is 22.0 Å². The summed E-state index contributed by atoms with van der Waals surface area (Å²) in [6.07, 6.45) is 3.24. The van der Waals surface area contributed by atoms with Gasteiger partial charge in [0.25, 0.3) is 0 Å². The summed E-state index contributed by atoms with van der Waals surface area (Å²) in [5, 5.41) is 10.0. The predicted octanol–water partition coefficient (Wildman–Crippen LogP) is 4.90. The van der Waals surface area contributed by atoms with E-state index in [0.717, 1.165) is 44.9 Å². The van der Waals surface area contributed by atoms with Crippen molar-refractivity contribution in [2.75, 3.05) is 7.11 Å². The molecule has 166 valence electrons. The lowest BCUT2D eigenvalue weighted by Crippen LogP contribution is -1.99. The van der Waals surface area contributed by atoms with Crippen molar-refractivity contribution in [3.05, 3.63) is 82.5 Å². The number of halogens is 1. The number of hydrogen-bond donors (Lipinski definition) is 0. The van der Waals surface area contributed by atoms with Crippen LogP contribution >= 0.6 is 11.6 Å². The van der Waals surface area contributed by atoms with Crippen LogP contribution in [0.3, 0.4) is 0 Å². The first-order valence-corrected chi connectivity index (χ1v) is 10.7. The Kier molecular flexibility index (Phi) is 5.43. The highest BCUT2D eigenvalue weighted by atomic mass is 35.5. The second-order valence-electron chi connectivity index (χ2n) is 7.51. The highest BCUT2D eigenvalue weighted by molar-refractivity contribution is 6.33. The first-order chi connectivity index (χ1) is 16.1. The molecule has 3 heterocycles. The molecule has 0 saturated heterocycles. The van der Waals surface area contributed by atoms with Crippen LogP contribution in [0.4, 0.5) is 0 Å². The van der Waals surface area contributed by atoms with E-state index < -0.39 is 0 Å². The third-order valence-electron chi connectivity index (χ3n) is 5.57. The van der Waals surface area contributed by atoms with Gasteiger partial charge in [-0.1, -0.05) is 35.0 Å². The second kappa shape index (κ2) is 8.55. The average Bonchev–Trinajstić information content (AvgIpc) is 3.36. The molecule has 9 heteroatoms. The SMILES string of the molecule is COc1ccc(-n2c(C)c(C)c3c2ncn2nc(CO/N=C/c4ccccc4Cl)nc32)cc1. The summed E-state index contributed by atoms with van der Waals surface area (Å²) in [5.74, 6) is 1.31. The van der Waals surface area contributed by atoms with Crippen molar-refractivity contribution in [1.82, 2.24) is 24.1 Å². The Bertz CT molecular complexity index is 1490. The molecule has 5 rings (SSSR count). The van der Waals surface area contributed by atoms with Gasteiger partial charge in [-0.2, -0.15) is 0 Å². The maximum atomic E-state index is 6.13. The summed E-state index contributed by atoms with van der Waals surface area (Å²) < 4.78 is 9.07. The summed E-state index contributed by atoms with van der Waals surface area (Å²) in [5.41, 5.74) is 5.50. The fourth-order valence-electron chi connectivity index (χ4n) is 3.78. The molecule has 0 N–H and O–H groups in total. The summed E-state index contributed by atoms with van der Waals surface area (Å²) >= 11 is 6.13. The molecule has 0 radical (unpaired) electrons. The quantitative estimate of drug-likeness (QED) is 0.266. The molecule has 8 nitrogen and oxygen atoms in total. The van der Waals surface area contributed by atoms with Gasteiger partial charge < -0.3 is 9.57 Å². The van der Waals surface area contributed by atoms with Crippen molar-refractivity contribution >= 4 is 34.5 Å².